The molecule has 28 heavy (non-hydrogen) atoms. The Bertz CT molecular complexity index is 997. The molecular formula is C19H20N2O6S. The molecule has 0 aliphatic carbocycles. The smallest absolute Gasteiger partial charge is 0.338 e. The minimum Gasteiger partial charge on any atom is -0.452 e. The van der Waals surface area contributed by atoms with E-state index in [1.165, 1.54) is 51.4 Å². The lowest BCUT2D eigenvalue weighted by Crippen LogP contribution is -2.22. The summed E-state index contributed by atoms with van der Waals surface area (Å²) in [4.78, 5) is 35.4. The summed E-state index contributed by atoms with van der Waals surface area (Å²) in [5.74, 6) is -1.47. The lowest BCUT2D eigenvalue weighted by Gasteiger charge is -2.11. The number of anilines is 1. The lowest BCUT2D eigenvalue weighted by molar-refractivity contribution is -0.119. The first-order valence-electron chi connectivity index (χ1n) is 8.22. The summed E-state index contributed by atoms with van der Waals surface area (Å²) in [5, 5.41) is 2.53. The van der Waals surface area contributed by atoms with Crippen LogP contribution in [0.4, 0.5) is 5.69 Å². The van der Waals surface area contributed by atoms with Gasteiger partial charge in [0.2, 0.25) is 10.0 Å². The van der Waals surface area contributed by atoms with Gasteiger partial charge in [-0.25, -0.2) is 17.5 Å². The Morgan fingerprint density at radius 1 is 1.00 bits per heavy atom. The van der Waals surface area contributed by atoms with Crippen LogP contribution in [0.5, 0.6) is 0 Å². The molecule has 0 saturated heterocycles. The molecule has 0 bridgehead atoms. The molecule has 0 spiro atoms. The van der Waals surface area contributed by atoms with Crippen LogP contribution >= 0.6 is 0 Å². The third-order valence-electron chi connectivity index (χ3n) is 3.76. The van der Waals surface area contributed by atoms with Crippen LogP contribution < -0.4 is 5.32 Å². The molecule has 0 aliphatic rings. The van der Waals surface area contributed by atoms with Gasteiger partial charge in [0.15, 0.2) is 12.4 Å². The molecule has 0 aliphatic heterocycles. The molecule has 2 aromatic carbocycles. The molecule has 1 amide bonds. The summed E-state index contributed by atoms with van der Waals surface area (Å²) in [6.07, 6.45) is 0. The molecule has 0 aromatic heterocycles. The molecule has 0 unspecified atom stereocenters. The van der Waals surface area contributed by atoms with Crippen LogP contribution in [0.15, 0.2) is 53.4 Å². The van der Waals surface area contributed by atoms with Crippen LogP contribution in [0, 0.1) is 0 Å². The van der Waals surface area contributed by atoms with Gasteiger partial charge in [-0.05, 0) is 43.3 Å². The maximum absolute atomic E-state index is 12.0. The molecule has 0 saturated carbocycles. The average Bonchev–Trinajstić information content (AvgIpc) is 2.66. The van der Waals surface area contributed by atoms with Crippen LogP contribution in [0.1, 0.15) is 27.6 Å². The highest BCUT2D eigenvalue weighted by atomic mass is 32.2. The maximum Gasteiger partial charge on any atom is 0.338 e. The Morgan fingerprint density at radius 3 is 2.21 bits per heavy atom. The molecule has 2 aromatic rings. The van der Waals surface area contributed by atoms with Crippen molar-refractivity contribution in [2.75, 3.05) is 26.0 Å². The number of rotatable bonds is 7. The van der Waals surface area contributed by atoms with Crippen molar-refractivity contribution in [1.29, 1.82) is 0 Å². The number of nitrogens with zero attached hydrogens (tertiary/aromatic N) is 1. The van der Waals surface area contributed by atoms with Gasteiger partial charge in [-0.3, -0.25) is 9.59 Å². The second kappa shape index (κ2) is 8.77. The third kappa shape index (κ3) is 5.24. The Morgan fingerprint density at radius 2 is 1.64 bits per heavy atom. The van der Waals surface area contributed by atoms with E-state index in [0.29, 0.717) is 11.3 Å². The third-order valence-corrected chi connectivity index (χ3v) is 5.59. The largest absolute Gasteiger partial charge is 0.452 e. The minimum absolute atomic E-state index is 0.0390. The molecule has 2 rings (SSSR count). The quantitative estimate of drug-likeness (QED) is 0.558. The van der Waals surface area contributed by atoms with Gasteiger partial charge in [-0.2, -0.15) is 0 Å². The second-order valence-electron chi connectivity index (χ2n) is 6.07. The average molecular weight is 404 g/mol. The number of hydrogen-bond donors (Lipinski definition) is 1. The Labute approximate surface area is 163 Å². The summed E-state index contributed by atoms with van der Waals surface area (Å²) < 4.78 is 30.0. The molecule has 9 heteroatoms. The monoisotopic (exact) mass is 404 g/mol. The first kappa shape index (κ1) is 21.3. The van der Waals surface area contributed by atoms with Crippen LogP contribution in [0.25, 0.3) is 0 Å². The van der Waals surface area contributed by atoms with E-state index < -0.39 is 28.5 Å². The van der Waals surface area contributed by atoms with Crippen LogP contribution in [0.2, 0.25) is 0 Å². The Balaban J connectivity index is 1.95. The standard InChI is InChI=1S/C19H20N2O6S/c1-13(22)15-5-4-6-16(11-15)20-18(23)12-27-19(24)14-7-9-17(10-8-14)28(25,26)21(2)3/h4-11H,12H2,1-3H3,(H,20,23). The van der Waals surface area contributed by atoms with Crippen molar-refractivity contribution in [1.82, 2.24) is 4.31 Å². The van der Waals surface area contributed by atoms with Gasteiger partial charge in [0.05, 0.1) is 10.5 Å². The summed E-state index contributed by atoms with van der Waals surface area (Å²) in [5.41, 5.74) is 0.971. The number of ketones is 1. The molecule has 0 heterocycles. The predicted octanol–water partition coefficient (Wildman–Crippen LogP) is 1.94. The van der Waals surface area contributed by atoms with Crippen molar-refractivity contribution in [3.63, 3.8) is 0 Å². The normalized spacial score (nSPS) is 11.1. The highest BCUT2D eigenvalue weighted by Crippen LogP contribution is 2.15. The van der Waals surface area contributed by atoms with E-state index in [0.717, 1.165) is 4.31 Å². The number of hydrogen-bond acceptors (Lipinski definition) is 6. The fourth-order valence-electron chi connectivity index (χ4n) is 2.20. The van der Waals surface area contributed by atoms with Gasteiger partial charge < -0.3 is 10.1 Å². The number of carbonyl (C=O) groups is 3. The molecule has 0 radical (unpaired) electrons. The number of benzene rings is 2. The topological polar surface area (TPSA) is 110 Å². The van der Waals surface area contributed by atoms with Gasteiger partial charge >= 0.3 is 5.97 Å². The van der Waals surface area contributed by atoms with E-state index in [2.05, 4.69) is 5.32 Å². The minimum atomic E-state index is -3.60. The van der Waals surface area contributed by atoms with E-state index in [1.54, 1.807) is 18.2 Å². The van der Waals surface area contributed by atoms with Crippen LogP contribution in [0.3, 0.4) is 0 Å². The maximum atomic E-state index is 12.0. The molecule has 0 atom stereocenters. The fraction of sp³-hybridized carbons (Fsp3) is 0.211. The summed E-state index contributed by atoms with van der Waals surface area (Å²) in [7, 11) is -0.786. The van der Waals surface area contributed by atoms with Crippen LogP contribution in [-0.2, 0) is 19.6 Å². The Kier molecular flexibility index (Phi) is 6.66. The zero-order valence-electron chi connectivity index (χ0n) is 15.6. The van der Waals surface area contributed by atoms with E-state index in [-0.39, 0.29) is 16.2 Å². The SMILES string of the molecule is CC(=O)c1cccc(NC(=O)COC(=O)c2ccc(S(=O)(=O)N(C)C)cc2)c1. The van der Waals surface area contributed by atoms with Gasteiger partial charge in [-0.15, -0.1) is 0 Å². The number of ether oxygens (including phenoxy) is 1. The number of Topliss-reactive ketones (excluding diaryl/α,β-unsaturated/α-hetero) is 1. The summed E-state index contributed by atoms with van der Waals surface area (Å²) >= 11 is 0. The zero-order valence-corrected chi connectivity index (χ0v) is 16.4. The number of carbonyl (C=O) groups excluding carboxylic acids is 3. The zero-order chi connectivity index (χ0) is 20.9. The van der Waals surface area contributed by atoms with Gasteiger partial charge in [0.1, 0.15) is 0 Å². The van der Waals surface area contributed by atoms with Crippen molar-refractivity contribution in [3.05, 3.63) is 59.7 Å². The van der Waals surface area contributed by atoms with E-state index >= 15 is 0 Å². The number of esters is 1. The summed E-state index contributed by atoms with van der Waals surface area (Å²) in [6, 6.07) is 11.6. The van der Waals surface area contributed by atoms with Crippen molar-refractivity contribution in [2.45, 2.75) is 11.8 Å². The van der Waals surface area contributed by atoms with Gasteiger partial charge in [0, 0.05) is 25.3 Å². The van der Waals surface area contributed by atoms with Crippen molar-refractivity contribution < 1.29 is 27.5 Å². The number of nitrogens with one attached hydrogen (secondary N) is 1. The highest BCUT2D eigenvalue weighted by molar-refractivity contribution is 7.89. The molecule has 148 valence electrons. The van der Waals surface area contributed by atoms with Gasteiger partial charge in [0.25, 0.3) is 5.91 Å². The highest BCUT2D eigenvalue weighted by Gasteiger charge is 2.18. The van der Waals surface area contributed by atoms with E-state index in [9.17, 15) is 22.8 Å². The van der Waals surface area contributed by atoms with E-state index in [1.807, 2.05) is 0 Å². The number of amides is 1. The second-order valence-corrected chi connectivity index (χ2v) is 8.22. The van der Waals surface area contributed by atoms with Crippen molar-refractivity contribution in [2.24, 2.45) is 0 Å². The lowest BCUT2D eigenvalue weighted by atomic mass is 10.1. The summed E-state index contributed by atoms with van der Waals surface area (Å²) in [6.45, 7) is 0.888. The van der Waals surface area contributed by atoms with Crippen LogP contribution in [-0.4, -0.2) is 51.1 Å². The van der Waals surface area contributed by atoms with Crippen molar-refractivity contribution >= 4 is 33.4 Å². The molecule has 8 nitrogen and oxygen atoms in total. The Hall–Kier alpha value is -3.04. The molecule has 0 fully saturated rings. The first-order chi connectivity index (χ1) is 13.1. The predicted molar refractivity (Wildman–Crippen MR) is 103 cm³/mol. The fourth-order valence-corrected chi connectivity index (χ4v) is 3.10. The molecular weight excluding hydrogens is 384 g/mol. The van der Waals surface area contributed by atoms with E-state index in [4.69, 9.17) is 4.74 Å². The number of sulfonamides is 1. The van der Waals surface area contributed by atoms with Crippen molar-refractivity contribution in [3.8, 4) is 0 Å². The molecule has 1 N–H and O–H groups in total. The first-order valence-corrected chi connectivity index (χ1v) is 9.66. The van der Waals surface area contributed by atoms with Gasteiger partial charge in [-0.1, -0.05) is 12.1 Å².